The molecule has 19 heavy (non-hydrogen) atoms. The van der Waals surface area contributed by atoms with Crippen molar-refractivity contribution in [2.75, 3.05) is 31.7 Å². The van der Waals surface area contributed by atoms with Gasteiger partial charge in [0.25, 0.3) is 0 Å². The minimum absolute atomic E-state index is 0.0419. The highest BCUT2D eigenvalue weighted by Crippen LogP contribution is 2.34. The third kappa shape index (κ3) is 4.56. The van der Waals surface area contributed by atoms with Crippen LogP contribution >= 0.6 is 11.8 Å². The Morgan fingerprint density at radius 3 is 2.47 bits per heavy atom. The average molecular weight is 288 g/mol. The molecule has 5 heteroatoms. The normalized spacial score (nSPS) is 20.1. The highest BCUT2D eigenvalue weighted by Gasteiger charge is 2.34. The number of hydrogen-bond donors (Lipinski definition) is 2. The van der Waals surface area contributed by atoms with E-state index in [1.165, 1.54) is 0 Å². The maximum atomic E-state index is 12.2. The molecule has 1 aliphatic heterocycles. The van der Waals surface area contributed by atoms with E-state index in [2.05, 4.69) is 25.4 Å². The van der Waals surface area contributed by atoms with Crippen LogP contribution in [0.5, 0.6) is 0 Å². The van der Waals surface area contributed by atoms with Gasteiger partial charge in [0, 0.05) is 31.5 Å². The van der Waals surface area contributed by atoms with Crippen molar-refractivity contribution < 1.29 is 9.90 Å². The van der Waals surface area contributed by atoms with E-state index in [9.17, 15) is 9.90 Å². The Hall–Kier alpha value is -0.420. The Morgan fingerprint density at radius 2 is 2.05 bits per heavy atom. The van der Waals surface area contributed by atoms with Crippen LogP contribution in [0.25, 0.3) is 0 Å². The molecular formula is C14H28N2O2S. The van der Waals surface area contributed by atoms with Gasteiger partial charge in [-0.05, 0) is 37.4 Å². The predicted octanol–water partition coefficient (Wildman–Crippen LogP) is 2.32. The van der Waals surface area contributed by atoms with E-state index in [1.807, 2.05) is 4.90 Å². The zero-order chi connectivity index (χ0) is 14.3. The Morgan fingerprint density at radius 1 is 1.42 bits per heavy atom. The number of aliphatic hydroxyl groups is 1. The second-order valence-electron chi connectivity index (χ2n) is 5.51. The molecule has 1 rings (SSSR count). The first kappa shape index (κ1) is 16.6. The van der Waals surface area contributed by atoms with Crippen molar-refractivity contribution in [3.63, 3.8) is 0 Å². The van der Waals surface area contributed by atoms with Crippen LogP contribution in [0.15, 0.2) is 0 Å². The fourth-order valence-corrected chi connectivity index (χ4v) is 3.26. The highest BCUT2D eigenvalue weighted by molar-refractivity contribution is 7.98. The number of hydrogen-bond acceptors (Lipinski definition) is 3. The summed E-state index contributed by atoms with van der Waals surface area (Å²) >= 11 is 1.76. The molecule has 1 heterocycles. The molecule has 4 nitrogen and oxygen atoms in total. The molecule has 1 fully saturated rings. The lowest BCUT2D eigenvalue weighted by Gasteiger charge is -2.40. The molecule has 0 aromatic rings. The third-order valence-electron chi connectivity index (χ3n) is 4.38. The van der Waals surface area contributed by atoms with Gasteiger partial charge >= 0.3 is 6.03 Å². The number of thioether (sulfide) groups is 1. The van der Waals surface area contributed by atoms with Crippen molar-refractivity contribution in [2.24, 2.45) is 5.41 Å². The summed E-state index contributed by atoms with van der Waals surface area (Å²) in [6, 6.07) is 0.321. The zero-order valence-corrected chi connectivity index (χ0v) is 13.3. The fourth-order valence-electron chi connectivity index (χ4n) is 2.54. The molecule has 2 N–H and O–H groups in total. The van der Waals surface area contributed by atoms with E-state index in [1.54, 1.807) is 11.8 Å². The van der Waals surface area contributed by atoms with Gasteiger partial charge in [-0.3, -0.25) is 0 Å². The van der Waals surface area contributed by atoms with Crippen molar-refractivity contribution in [3.8, 4) is 0 Å². The van der Waals surface area contributed by atoms with Gasteiger partial charge in [-0.1, -0.05) is 13.8 Å². The Kier molecular flexibility index (Phi) is 7.00. The second-order valence-corrected chi connectivity index (χ2v) is 6.42. The van der Waals surface area contributed by atoms with Gasteiger partial charge in [0.1, 0.15) is 0 Å². The lowest BCUT2D eigenvalue weighted by atomic mass is 9.77. The Balaban J connectivity index is 2.44. The largest absolute Gasteiger partial charge is 0.396 e. The maximum Gasteiger partial charge on any atom is 0.317 e. The average Bonchev–Trinajstić information content (AvgIpc) is 2.46. The molecule has 0 bridgehead atoms. The van der Waals surface area contributed by atoms with Gasteiger partial charge in [-0.2, -0.15) is 11.8 Å². The first-order valence-corrected chi connectivity index (χ1v) is 8.65. The number of carbonyl (C=O) groups is 1. The number of rotatable bonds is 6. The third-order valence-corrected chi connectivity index (χ3v) is 5.12. The van der Waals surface area contributed by atoms with Crippen LogP contribution in [-0.4, -0.2) is 53.8 Å². The van der Waals surface area contributed by atoms with Crippen molar-refractivity contribution in [1.82, 2.24) is 10.2 Å². The Labute approximate surface area is 121 Å². The monoisotopic (exact) mass is 288 g/mol. The first-order valence-electron chi connectivity index (χ1n) is 7.26. The van der Waals surface area contributed by atoms with Crippen LogP contribution in [0, 0.1) is 5.41 Å². The summed E-state index contributed by atoms with van der Waals surface area (Å²) in [5, 5.41) is 12.6. The van der Waals surface area contributed by atoms with E-state index >= 15 is 0 Å². The highest BCUT2D eigenvalue weighted by atomic mass is 32.2. The van der Waals surface area contributed by atoms with E-state index in [0.29, 0.717) is 0 Å². The molecule has 0 aromatic carbocycles. The topological polar surface area (TPSA) is 52.6 Å². The zero-order valence-electron chi connectivity index (χ0n) is 12.4. The van der Waals surface area contributed by atoms with Gasteiger partial charge in [0.2, 0.25) is 0 Å². The van der Waals surface area contributed by atoms with Crippen LogP contribution in [0.2, 0.25) is 0 Å². The van der Waals surface area contributed by atoms with Crippen molar-refractivity contribution in [3.05, 3.63) is 0 Å². The molecule has 1 unspecified atom stereocenters. The SMILES string of the molecule is CCC(CSC)NC(=O)N1CCC(CC)(CO)CC1. The molecule has 0 spiro atoms. The molecule has 2 amide bonds. The molecule has 0 aliphatic carbocycles. The molecule has 1 atom stereocenters. The standard InChI is InChI=1S/C14H28N2O2S/c1-4-12(10-19-3)15-13(18)16-8-6-14(5-2,11-17)7-9-16/h12,17H,4-11H2,1-3H3,(H,15,18). The number of amides is 2. The lowest BCUT2D eigenvalue weighted by Crippen LogP contribution is -2.50. The van der Waals surface area contributed by atoms with E-state index in [4.69, 9.17) is 0 Å². The number of likely N-dealkylation sites (tertiary alicyclic amines) is 1. The summed E-state index contributed by atoms with van der Waals surface area (Å²) in [6.07, 6.45) is 5.84. The first-order chi connectivity index (χ1) is 9.10. The fraction of sp³-hybridized carbons (Fsp3) is 0.929. The lowest BCUT2D eigenvalue weighted by molar-refractivity contribution is 0.0516. The molecule has 0 radical (unpaired) electrons. The van der Waals surface area contributed by atoms with Crippen molar-refractivity contribution >= 4 is 17.8 Å². The maximum absolute atomic E-state index is 12.2. The number of carbonyl (C=O) groups excluding carboxylic acids is 1. The molecule has 1 aliphatic rings. The molecule has 0 saturated carbocycles. The summed E-state index contributed by atoms with van der Waals surface area (Å²) in [5.41, 5.74) is 0.0419. The number of urea groups is 1. The van der Waals surface area contributed by atoms with Crippen LogP contribution in [0.3, 0.4) is 0 Å². The molecule has 112 valence electrons. The minimum Gasteiger partial charge on any atom is -0.396 e. The molecule has 0 aromatic heterocycles. The number of nitrogens with zero attached hydrogens (tertiary/aromatic N) is 1. The number of piperidine rings is 1. The van der Waals surface area contributed by atoms with Gasteiger partial charge in [-0.25, -0.2) is 4.79 Å². The van der Waals surface area contributed by atoms with Crippen LogP contribution < -0.4 is 5.32 Å². The number of aliphatic hydroxyl groups excluding tert-OH is 1. The van der Waals surface area contributed by atoms with E-state index in [0.717, 1.165) is 44.5 Å². The molecular weight excluding hydrogens is 260 g/mol. The summed E-state index contributed by atoms with van der Waals surface area (Å²) in [5.74, 6) is 0.964. The van der Waals surface area contributed by atoms with Crippen LogP contribution in [0.1, 0.15) is 39.5 Å². The quantitative estimate of drug-likeness (QED) is 0.788. The summed E-state index contributed by atoms with van der Waals surface area (Å²) in [7, 11) is 0. The van der Waals surface area contributed by atoms with Gasteiger partial charge in [-0.15, -0.1) is 0 Å². The summed E-state index contributed by atoms with van der Waals surface area (Å²) in [6.45, 7) is 5.98. The Bertz CT molecular complexity index is 273. The minimum atomic E-state index is 0.0419. The van der Waals surface area contributed by atoms with Crippen molar-refractivity contribution in [2.45, 2.75) is 45.6 Å². The summed E-state index contributed by atoms with van der Waals surface area (Å²) < 4.78 is 0. The van der Waals surface area contributed by atoms with Gasteiger partial charge in [0.05, 0.1) is 0 Å². The summed E-state index contributed by atoms with van der Waals surface area (Å²) in [4.78, 5) is 14.1. The smallest absolute Gasteiger partial charge is 0.317 e. The van der Waals surface area contributed by atoms with E-state index < -0.39 is 0 Å². The van der Waals surface area contributed by atoms with Gasteiger partial charge in [0.15, 0.2) is 0 Å². The van der Waals surface area contributed by atoms with Crippen molar-refractivity contribution in [1.29, 1.82) is 0 Å². The molecule has 1 saturated heterocycles. The predicted molar refractivity (Wildman–Crippen MR) is 81.6 cm³/mol. The van der Waals surface area contributed by atoms with Gasteiger partial charge < -0.3 is 15.3 Å². The van der Waals surface area contributed by atoms with Crippen LogP contribution in [0.4, 0.5) is 4.79 Å². The van der Waals surface area contributed by atoms with Crippen LogP contribution in [-0.2, 0) is 0 Å². The van der Waals surface area contributed by atoms with E-state index in [-0.39, 0.29) is 24.1 Å². The second kappa shape index (κ2) is 8.00. The number of nitrogens with one attached hydrogen (secondary N) is 1.